The Balaban J connectivity index is 4.44. The van der Waals surface area contributed by atoms with Crippen molar-refractivity contribution in [1.29, 1.82) is 0 Å². The van der Waals surface area contributed by atoms with Gasteiger partial charge in [-0.3, -0.25) is 14.4 Å². The molecule has 64 heavy (non-hydrogen) atoms. The van der Waals surface area contributed by atoms with Crippen molar-refractivity contribution < 1.29 is 28.6 Å². The molecule has 0 amide bonds. The van der Waals surface area contributed by atoms with Gasteiger partial charge >= 0.3 is 17.9 Å². The first-order valence-electron chi connectivity index (χ1n) is 27.0. The topological polar surface area (TPSA) is 78.9 Å². The second-order valence-electron chi connectivity index (χ2n) is 17.8. The Hall–Kier alpha value is -3.15. The fourth-order valence-corrected chi connectivity index (χ4v) is 7.42. The van der Waals surface area contributed by atoms with Crippen LogP contribution >= 0.6 is 0 Å². The molecular weight excluding hydrogens is 793 g/mol. The number of allylic oxidation sites excluding steroid dienone is 12. The first-order valence-corrected chi connectivity index (χ1v) is 27.0. The second-order valence-corrected chi connectivity index (χ2v) is 17.8. The van der Waals surface area contributed by atoms with Crippen molar-refractivity contribution >= 4 is 17.9 Å². The van der Waals surface area contributed by atoms with Gasteiger partial charge in [0.1, 0.15) is 13.2 Å². The zero-order valence-electron chi connectivity index (χ0n) is 42.0. The predicted molar refractivity (Wildman–Crippen MR) is 274 cm³/mol. The summed E-state index contributed by atoms with van der Waals surface area (Å²) in [6.07, 6.45) is 66.0. The van der Waals surface area contributed by atoms with Crippen LogP contribution in [0.5, 0.6) is 0 Å². The van der Waals surface area contributed by atoms with E-state index in [2.05, 4.69) is 93.7 Å². The van der Waals surface area contributed by atoms with Gasteiger partial charge in [0, 0.05) is 19.3 Å². The highest BCUT2D eigenvalue weighted by molar-refractivity contribution is 5.71. The molecule has 0 aliphatic rings. The van der Waals surface area contributed by atoms with E-state index in [4.69, 9.17) is 14.2 Å². The van der Waals surface area contributed by atoms with Gasteiger partial charge in [-0.15, -0.1) is 0 Å². The molecule has 1 unspecified atom stereocenters. The van der Waals surface area contributed by atoms with Gasteiger partial charge in [0.15, 0.2) is 6.10 Å². The molecule has 0 fully saturated rings. The average Bonchev–Trinajstić information content (AvgIpc) is 3.29. The Kier molecular flexibility index (Phi) is 49.9. The molecule has 0 spiro atoms. The molecule has 0 aliphatic carbocycles. The molecule has 0 radical (unpaired) electrons. The predicted octanol–water partition coefficient (Wildman–Crippen LogP) is 17.8. The van der Waals surface area contributed by atoms with Gasteiger partial charge in [-0.25, -0.2) is 0 Å². The number of ether oxygens (including phenoxy) is 3. The highest BCUT2D eigenvalue weighted by atomic mass is 16.6. The van der Waals surface area contributed by atoms with Gasteiger partial charge in [0.2, 0.25) is 0 Å². The average molecular weight is 893 g/mol. The lowest BCUT2D eigenvalue weighted by Crippen LogP contribution is -2.30. The number of carbonyl (C=O) groups excluding carboxylic acids is 3. The maximum Gasteiger partial charge on any atom is 0.306 e. The van der Waals surface area contributed by atoms with Crippen LogP contribution in [0.15, 0.2) is 72.9 Å². The Morgan fingerprint density at radius 3 is 1.06 bits per heavy atom. The monoisotopic (exact) mass is 893 g/mol. The molecule has 0 aliphatic heterocycles. The molecule has 0 heterocycles. The van der Waals surface area contributed by atoms with E-state index in [1.54, 1.807) is 0 Å². The minimum Gasteiger partial charge on any atom is -0.462 e. The summed E-state index contributed by atoms with van der Waals surface area (Å²) in [7, 11) is 0. The molecule has 0 bridgehead atoms. The van der Waals surface area contributed by atoms with Crippen molar-refractivity contribution in [2.75, 3.05) is 13.2 Å². The van der Waals surface area contributed by atoms with E-state index in [1.807, 2.05) is 0 Å². The molecule has 0 aromatic heterocycles. The molecule has 6 heteroatoms. The Labute approximate surface area is 395 Å². The van der Waals surface area contributed by atoms with Crippen LogP contribution in [0.4, 0.5) is 0 Å². The molecular formula is C58H100O6. The van der Waals surface area contributed by atoms with Crippen molar-refractivity contribution in [2.24, 2.45) is 0 Å². The zero-order valence-corrected chi connectivity index (χ0v) is 42.0. The molecule has 368 valence electrons. The molecule has 0 aromatic carbocycles. The summed E-state index contributed by atoms with van der Waals surface area (Å²) >= 11 is 0. The highest BCUT2D eigenvalue weighted by Crippen LogP contribution is 2.15. The normalized spacial score (nSPS) is 12.6. The fourth-order valence-electron chi connectivity index (χ4n) is 7.42. The third-order valence-corrected chi connectivity index (χ3v) is 11.5. The molecule has 0 N–H and O–H groups in total. The van der Waals surface area contributed by atoms with E-state index in [1.165, 1.54) is 109 Å². The third-order valence-electron chi connectivity index (χ3n) is 11.5. The summed E-state index contributed by atoms with van der Waals surface area (Å²) < 4.78 is 16.8. The van der Waals surface area contributed by atoms with Crippen LogP contribution in [0.2, 0.25) is 0 Å². The second kappa shape index (κ2) is 52.5. The zero-order chi connectivity index (χ0) is 46.5. The molecule has 1 atom stereocenters. The van der Waals surface area contributed by atoms with E-state index in [0.717, 1.165) is 109 Å². The van der Waals surface area contributed by atoms with Crippen LogP contribution in [-0.4, -0.2) is 37.2 Å². The van der Waals surface area contributed by atoms with Crippen LogP contribution in [0.25, 0.3) is 0 Å². The number of unbranched alkanes of at least 4 members (excludes halogenated alkanes) is 26. The summed E-state index contributed by atoms with van der Waals surface area (Å²) in [5, 5.41) is 0. The maximum absolute atomic E-state index is 12.8. The van der Waals surface area contributed by atoms with E-state index in [0.29, 0.717) is 12.8 Å². The summed E-state index contributed by atoms with van der Waals surface area (Å²) in [4.78, 5) is 38.0. The van der Waals surface area contributed by atoms with Gasteiger partial charge < -0.3 is 14.2 Å². The smallest absolute Gasteiger partial charge is 0.306 e. The van der Waals surface area contributed by atoms with Crippen LogP contribution in [0.1, 0.15) is 258 Å². The lowest BCUT2D eigenvalue weighted by atomic mass is 10.0. The first-order chi connectivity index (χ1) is 31.5. The lowest BCUT2D eigenvalue weighted by molar-refractivity contribution is -0.167. The largest absolute Gasteiger partial charge is 0.462 e. The van der Waals surface area contributed by atoms with Crippen molar-refractivity contribution in [3.63, 3.8) is 0 Å². The highest BCUT2D eigenvalue weighted by Gasteiger charge is 2.19. The number of esters is 3. The van der Waals surface area contributed by atoms with Crippen LogP contribution in [0.3, 0.4) is 0 Å². The van der Waals surface area contributed by atoms with Gasteiger partial charge in [-0.1, -0.05) is 229 Å². The molecule has 0 saturated heterocycles. The quantitative estimate of drug-likeness (QED) is 0.0199. The number of rotatable bonds is 48. The van der Waals surface area contributed by atoms with Crippen molar-refractivity contribution in [1.82, 2.24) is 0 Å². The SMILES string of the molecule is CC/C=C\C/C=C\C/C=C\C/C=C\CCCCCC(=O)OC(COC(=O)CCCCCCC/C=C\C=C/CCCCCCCCC)COC(=O)CCCCCCCCCCCCCC. The maximum atomic E-state index is 12.8. The molecule has 6 nitrogen and oxygen atoms in total. The van der Waals surface area contributed by atoms with Crippen LogP contribution in [0, 0.1) is 0 Å². The van der Waals surface area contributed by atoms with E-state index in [9.17, 15) is 14.4 Å². The Bertz CT molecular complexity index is 1210. The summed E-state index contributed by atoms with van der Waals surface area (Å²) in [5.74, 6) is -0.935. The third kappa shape index (κ3) is 49.9. The van der Waals surface area contributed by atoms with Gasteiger partial charge in [0.05, 0.1) is 0 Å². The standard InChI is InChI=1S/C58H100O6/c1-4-7-10-13-16-19-22-25-27-29-30-32-33-36-39-42-45-48-51-57(60)63-54-55(53-62-56(59)50-47-44-41-38-35-24-21-18-15-12-9-6-3)64-58(61)52-49-46-43-40-37-34-31-28-26-23-20-17-14-11-8-5-2/h8,11,17,20,26-30,32,34,37,55H,4-7,9-10,12-16,18-19,21-25,31,33,35-36,38-54H2,1-3H3/b11-8-,20-17-,28-26-,29-27-,32-30-,37-34-. The van der Waals surface area contributed by atoms with Crippen molar-refractivity contribution in [2.45, 2.75) is 264 Å². The minimum atomic E-state index is -0.796. The summed E-state index contributed by atoms with van der Waals surface area (Å²) in [5.41, 5.74) is 0. The van der Waals surface area contributed by atoms with Crippen molar-refractivity contribution in [3.8, 4) is 0 Å². The van der Waals surface area contributed by atoms with Crippen LogP contribution in [-0.2, 0) is 28.6 Å². The fraction of sp³-hybridized carbons (Fsp3) is 0.741. The summed E-state index contributed by atoms with van der Waals surface area (Å²) in [6.45, 7) is 6.48. The number of hydrogen-bond acceptors (Lipinski definition) is 6. The van der Waals surface area contributed by atoms with Gasteiger partial charge in [-0.2, -0.15) is 0 Å². The van der Waals surface area contributed by atoms with Crippen molar-refractivity contribution in [3.05, 3.63) is 72.9 Å². The minimum absolute atomic E-state index is 0.0919. The van der Waals surface area contributed by atoms with E-state index >= 15 is 0 Å². The van der Waals surface area contributed by atoms with Crippen LogP contribution < -0.4 is 0 Å². The summed E-state index contributed by atoms with van der Waals surface area (Å²) in [6, 6.07) is 0. The Morgan fingerprint density at radius 2 is 0.656 bits per heavy atom. The van der Waals surface area contributed by atoms with Gasteiger partial charge in [-0.05, 0) is 83.5 Å². The first kappa shape index (κ1) is 60.9. The molecule has 0 saturated carbocycles. The molecule has 0 aromatic rings. The van der Waals surface area contributed by atoms with Gasteiger partial charge in [0.25, 0.3) is 0 Å². The number of carbonyl (C=O) groups is 3. The lowest BCUT2D eigenvalue weighted by Gasteiger charge is -2.18. The Morgan fingerprint density at radius 1 is 0.344 bits per heavy atom. The van der Waals surface area contributed by atoms with E-state index in [-0.39, 0.29) is 37.5 Å². The molecule has 0 rings (SSSR count). The number of hydrogen-bond donors (Lipinski definition) is 0. The van der Waals surface area contributed by atoms with E-state index < -0.39 is 6.10 Å².